The predicted molar refractivity (Wildman–Crippen MR) is 131 cm³/mol. The van der Waals surface area contributed by atoms with Gasteiger partial charge in [0.2, 0.25) is 0 Å². The monoisotopic (exact) mass is 503 g/mol. The largest absolute Gasteiger partial charge is 0.493 e. The van der Waals surface area contributed by atoms with E-state index < -0.39 is 22.5 Å². The maximum absolute atomic E-state index is 13.8. The van der Waals surface area contributed by atoms with Crippen LogP contribution in [0, 0.1) is 0 Å². The van der Waals surface area contributed by atoms with Gasteiger partial charge in [-0.1, -0.05) is 41.9 Å². The summed E-state index contributed by atoms with van der Waals surface area (Å²) >= 11 is 6.26. The van der Waals surface area contributed by atoms with Crippen molar-refractivity contribution in [3.63, 3.8) is 0 Å². The number of carbonyl (C=O) groups is 1. The first kappa shape index (κ1) is 25.4. The van der Waals surface area contributed by atoms with Gasteiger partial charge in [-0.2, -0.15) is 0 Å². The first-order chi connectivity index (χ1) is 16.3. The average molecular weight is 504 g/mol. The molecule has 0 bridgehead atoms. The summed E-state index contributed by atoms with van der Waals surface area (Å²) in [6.45, 7) is 1.28. The number of nitrogens with zero attached hydrogens (tertiary/aromatic N) is 1. The fraction of sp³-hybridized carbons (Fsp3) is 0.240. The number of hydrogen-bond donors (Lipinski definition) is 0. The maximum Gasteiger partial charge on any atom is 0.326 e. The molecule has 9 heteroatoms. The van der Waals surface area contributed by atoms with Crippen LogP contribution in [0.25, 0.3) is 0 Å². The highest BCUT2D eigenvalue weighted by atomic mass is 35.5. The number of hydrogen-bond acceptors (Lipinski definition) is 6. The first-order valence-corrected chi connectivity index (χ1v) is 12.3. The molecule has 0 atom stereocenters. The second-order valence-corrected chi connectivity index (χ2v) is 9.57. The van der Waals surface area contributed by atoms with Crippen LogP contribution < -0.4 is 13.8 Å². The second-order valence-electron chi connectivity index (χ2n) is 7.27. The van der Waals surface area contributed by atoms with Gasteiger partial charge in [-0.15, -0.1) is 0 Å². The molecule has 0 amide bonds. The molecule has 0 saturated carbocycles. The smallest absolute Gasteiger partial charge is 0.326 e. The number of benzene rings is 3. The lowest BCUT2D eigenvalue weighted by Gasteiger charge is -2.26. The van der Waals surface area contributed by atoms with E-state index in [1.165, 1.54) is 32.4 Å². The Bertz CT molecular complexity index is 1250. The van der Waals surface area contributed by atoms with Crippen molar-refractivity contribution in [2.45, 2.75) is 18.2 Å². The van der Waals surface area contributed by atoms with Gasteiger partial charge in [-0.25, -0.2) is 8.42 Å². The van der Waals surface area contributed by atoms with Crippen molar-refractivity contribution in [2.75, 3.05) is 31.7 Å². The molecule has 0 aromatic heterocycles. The van der Waals surface area contributed by atoms with Crippen LogP contribution in [0.15, 0.2) is 71.6 Å². The van der Waals surface area contributed by atoms with Crippen LogP contribution in [0.5, 0.6) is 11.5 Å². The van der Waals surface area contributed by atoms with Gasteiger partial charge < -0.3 is 14.2 Å². The first-order valence-electron chi connectivity index (χ1n) is 10.5. The molecule has 0 unspecified atom stereocenters. The molecule has 3 aromatic rings. The Morgan fingerprint density at radius 1 is 0.941 bits per heavy atom. The third-order valence-electron chi connectivity index (χ3n) is 5.07. The summed E-state index contributed by atoms with van der Waals surface area (Å²) in [5, 5.41) is 0.453. The zero-order chi connectivity index (χ0) is 24.7. The fourth-order valence-electron chi connectivity index (χ4n) is 3.48. The molecule has 0 aliphatic heterocycles. The van der Waals surface area contributed by atoms with Crippen molar-refractivity contribution >= 4 is 33.3 Å². The molecule has 180 valence electrons. The number of methoxy groups -OCH3 is 2. The predicted octanol–water partition coefficient (Wildman–Crippen LogP) is 4.71. The number of sulfonamides is 1. The van der Waals surface area contributed by atoms with E-state index in [0.29, 0.717) is 28.4 Å². The van der Waals surface area contributed by atoms with Crippen molar-refractivity contribution in [3.05, 3.63) is 82.9 Å². The van der Waals surface area contributed by atoms with Gasteiger partial charge in [0.1, 0.15) is 6.54 Å². The molecule has 3 rings (SSSR count). The van der Waals surface area contributed by atoms with Crippen molar-refractivity contribution < 1.29 is 27.4 Å². The average Bonchev–Trinajstić information content (AvgIpc) is 2.83. The van der Waals surface area contributed by atoms with Gasteiger partial charge in [0.25, 0.3) is 10.0 Å². The highest BCUT2D eigenvalue weighted by Gasteiger charge is 2.30. The van der Waals surface area contributed by atoms with Crippen molar-refractivity contribution in [1.29, 1.82) is 0 Å². The van der Waals surface area contributed by atoms with E-state index in [9.17, 15) is 13.2 Å². The van der Waals surface area contributed by atoms with Crippen LogP contribution in [0.2, 0.25) is 5.02 Å². The summed E-state index contributed by atoms with van der Waals surface area (Å²) in [4.78, 5) is 12.4. The molecular formula is C25H26ClNO6S. The number of rotatable bonds is 10. The van der Waals surface area contributed by atoms with E-state index in [2.05, 4.69) is 0 Å². The third-order valence-corrected chi connectivity index (χ3v) is 7.06. The van der Waals surface area contributed by atoms with Crippen LogP contribution in [0.4, 0.5) is 5.69 Å². The van der Waals surface area contributed by atoms with E-state index in [1.54, 1.807) is 25.1 Å². The van der Waals surface area contributed by atoms with Crippen LogP contribution in [0.3, 0.4) is 0 Å². The molecule has 0 N–H and O–H groups in total. The van der Waals surface area contributed by atoms with Gasteiger partial charge in [0, 0.05) is 11.1 Å². The zero-order valence-corrected chi connectivity index (χ0v) is 20.7. The summed E-state index contributed by atoms with van der Waals surface area (Å²) in [5.41, 5.74) is 1.94. The highest BCUT2D eigenvalue weighted by Crippen LogP contribution is 2.34. The lowest BCUT2D eigenvalue weighted by atomic mass is 10.0. The van der Waals surface area contributed by atoms with E-state index in [-0.39, 0.29) is 17.3 Å². The second kappa shape index (κ2) is 11.3. The van der Waals surface area contributed by atoms with Gasteiger partial charge in [-0.05, 0) is 54.8 Å². The van der Waals surface area contributed by atoms with Crippen molar-refractivity contribution in [3.8, 4) is 11.5 Å². The third kappa shape index (κ3) is 5.81. The Kier molecular flexibility index (Phi) is 8.41. The van der Waals surface area contributed by atoms with Crippen molar-refractivity contribution in [1.82, 2.24) is 0 Å². The number of anilines is 1. The molecule has 34 heavy (non-hydrogen) atoms. The van der Waals surface area contributed by atoms with E-state index >= 15 is 0 Å². The van der Waals surface area contributed by atoms with Gasteiger partial charge in [-0.3, -0.25) is 9.10 Å². The van der Waals surface area contributed by atoms with Gasteiger partial charge >= 0.3 is 5.97 Å². The molecular weight excluding hydrogens is 478 g/mol. The minimum Gasteiger partial charge on any atom is -0.493 e. The molecule has 0 fully saturated rings. The summed E-state index contributed by atoms with van der Waals surface area (Å²) < 4.78 is 44.3. The van der Waals surface area contributed by atoms with E-state index in [1.807, 2.05) is 30.3 Å². The Morgan fingerprint density at radius 2 is 1.65 bits per heavy atom. The molecule has 0 aliphatic rings. The number of esters is 1. The number of carbonyl (C=O) groups excluding carboxylic acids is 1. The lowest BCUT2D eigenvalue weighted by molar-refractivity contribution is -0.141. The molecule has 0 saturated heterocycles. The molecule has 0 radical (unpaired) electrons. The summed E-state index contributed by atoms with van der Waals surface area (Å²) in [6.07, 6.45) is 0.414. The Balaban J connectivity index is 2.14. The summed E-state index contributed by atoms with van der Waals surface area (Å²) in [7, 11) is -1.32. The molecule has 0 aliphatic carbocycles. The Hall–Kier alpha value is -3.23. The molecule has 0 heterocycles. The topological polar surface area (TPSA) is 82.1 Å². The molecule has 7 nitrogen and oxygen atoms in total. The normalized spacial score (nSPS) is 11.1. The van der Waals surface area contributed by atoms with Crippen molar-refractivity contribution in [2.24, 2.45) is 0 Å². The SMILES string of the molecule is CCOC(=O)CN(c1ccc(Cl)cc1Cc1ccccc1)S(=O)(=O)c1ccc(OC)c(OC)c1. The maximum atomic E-state index is 13.8. The van der Waals surface area contributed by atoms with Gasteiger partial charge in [0.05, 0.1) is 31.4 Å². The summed E-state index contributed by atoms with van der Waals surface area (Å²) in [6, 6.07) is 18.7. The number of halogens is 1. The van der Waals surface area contributed by atoms with Crippen LogP contribution in [-0.4, -0.2) is 41.8 Å². The van der Waals surface area contributed by atoms with Crippen LogP contribution in [0.1, 0.15) is 18.1 Å². The zero-order valence-electron chi connectivity index (χ0n) is 19.2. The number of ether oxygens (including phenoxy) is 3. The summed E-state index contributed by atoms with van der Waals surface area (Å²) in [5.74, 6) is -0.0397. The lowest BCUT2D eigenvalue weighted by Crippen LogP contribution is -2.37. The van der Waals surface area contributed by atoms with Gasteiger partial charge in [0.15, 0.2) is 11.5 Å². The van der Waals surface area contributed by atoms with E-state index in [0.717, 1.165) is 9.87 Å². The Labute approximate surface area is 204 Å². The van der Waals surface area contributed by atoms with Crippen LogP contribution in [-0.2, 0) is 26.0 Å². The molecule has 3 aromatic carbocycles. The molecule has 0 spiro atoms. The van der Waals surface area contributed by atoms with Crippen LogP contribution >= 0.6 is 11.6 Å². The Morgan fingerprint density at radius 3 is 2.29 bits per heavy atom. The van der Waals surface area contributed by atoms with E-state index in [4.69, 9.17) is 25.8 Å². The fourth-order valence-corrected chi connectivity index (χ4v) is 5.14. The highest BCUT2D eigenvalue weighted by molar-refractivity contribution is 7.92. The minimum absolute atomic E-state index is 0.0601. The minimum atomic E-state index is -4.20. The quantitative estimate of drug-likeness (QED) is 0.373. The standard InChI is InChI=1S/C25H26ClNO6S/c1-4-33-25(28)17-27(34(29,30)21-11-13-23(31-2)24(16-21)32-3)22-12-10-20(26)15-19(22)14-18-8-6-5-7-9-18/h5-13,15-16H,4,14,17H2,1-3H3.